The minimum Gasteiger partial charge on any atom is -0.337 e. The van der Waals surface area contributed by atoms with Gasteiger partial charge in [0.15, 0.2) is 0 Å². The van der Waals surface area contributed by atoms with Gasteiger partial charge in [-0.05, 0) is 62.9 Å². The number of hydrogen-bond acceptors (Lipinski definition) is 5. The molecule has 6 nitrogen and oxygen atoms in total. The molecule has 140 valence electrons. The molecule has 1 aliphatic rings. The van der Waals surface area contributed by atoms with Crippen LogP contribution >= 0.6 is 15.9 Å². The van der Waals surface area contributed by atoms with Crippen molar-refractivity contribution >= 4 is 21.8 Å². The van der Waals surface area contributed by atoms with Gasteiger partial charge in [-0.15, -0.1) is 0 Å². The first kappa shape index (κ1) is 19.0. The van der Waals surface area contributed by atoms with Crippen molar-refractivity contribution < 1.29 is 9.32 Å². The van der Waals surface area contributed by atoms with Gasteiger partial charge >= 0.3 is 0 Å². The van der Waals surface area contributed by atoms with Gasteiger partial charge in [-0.2, -0.15) is 4.98 Å². The Hall–Kier alpha value is -1.73. The molecule has 0 spiro atoms. The van der Waals surface area contributed by atoms with Crippen LogP contribution in [0.5, 0.6) is 0 Å². The van der Waals surface area contributed by atoms with E-state index in [0.29, 0.717) is 24.7 Å². The number of halogens is 1. The van der Waals surface area contributed by atoms with Crippen molar-refractivity contribution in [3.05, 3.63) is 34.6 Å². The summed E-state index contributed by atoms with van der Waals surface area (Å²) in [5.41, 5.74) is 6.42. The molecule has 0 unspecified atom stereocenters. The predicted molar refractivity (Wildman–Crippen MR) is 103 cm³/mol. The van der Waals surface area contributed by atoms with E-state index in [0.717, 1.165) is 55.1 Å². The standard InChI is InChI=1S/C19H25BrN4O2/c20-15-10-8-14(9-11-15)18-22-19(26-23-18)16-6-3-5-13-24(16)17(25)7-2-1-4-12-21/h8-11,16H,1-7,12-13,21H2/t16-/m1/s1. The number of likely N-dealkylation sites (tertiary alicyclic amines) is 1. The third kappa shape index (κ3) is 4.71. The summed E-state index contributed by atoms with van der Waals surface area (Å²) in [5, 5.41) is 4.12. The molecule has 2 aromatic rings. The summed E-state index contributed by atoms with van der Waals surface area (Å²) in [4.78, 5) is 19.2. The zero-order valence-electron chi connectivity index (χ0n) is 14.9. The number of piperidine rings is 1. The van der Waals surface area contributed by atoms with E-state index in [2.05, 4.69) is 26.1 Å². The SMILES string of the molecule is NCCCCCC(=O)N1CCCC[C@@H]1c1nc(-c2ccc(Br)cc2)no1. The predicted octanol–water partition coefficient (Wildman–Crippen LogP) is 4.07. The van der Waals surface area contributed by atoms with Gasteiger partial charge in [0.2, 0.25) is 17.6 Å². The number of carbonyl (C=O) groups excluding carboxylic acids is 1. The first-order chi connectivity index (χ1) is 12.7. The van der Waals surface area contributed by atoms with Gasteiger partial charge in [-0.25, -0.2) is 0 Å². The molecule has 1 amide bonds. The van der Waals surface area contributed by atoms with Crippen LogP contribution in [0.25, 0.3) is 11.4 Å². The minimum atomic E-state index is -0.109. The number of amides is 1. The van der Waals surface area contributed by atoms with E-state index in [9.17, 15) is 4.79 Å². The maximum absolute atomic E-state index is 12.7. The molecule has 0 bridgehead atoms. The molecule has 3 rings (SSSR count). The molecule has 1 aromatic carbocycles. The highest BCUT2D eigenvalue weighted by atomic mass is 79.9. The van der Waals surface area contributed by atoms with Crippen LogP contribution in [0.4, 0.5) is 0 Å². The van der Waals surface area contributed by atoms with E-state index in [1.807, 2.05) is 29.2 Å². The fourth-order valence-corrected chi connectivity index (χ4v) is 3.58. The molecule has 1 aliphatic heterocycles. The highest BCUT2D eigenvalue weighted by molar-refractivity contribution is 9.10. The number of unbranched alkanes of at least 4 members (excludes halogenated alkanes) is 2. The Morgan fingerprint density at radius 3 is 2.81 bits per heavy atom. The lowest BCUT2D eigenvalue weighted by Crippen LogP contribution is -2.38. The Morgan fingerprint density at radius 2 is 2.04 bits per heavy atom. The second-order valence-corrected chi connectivity index (χ2v) is 7.58. The van der Waals surface area contributed by atoms with Crippen molar-refractivity contribution in [3.63, 3.8) is 0 Å². The van der Waals surface area contributed by atoms with Crippen molar-refractivity contribution in [3.8, 4) is 11.4 Å². The second kappa shape index (κ2) is 9.28. The first-order valence-electron chi connectivity index (χ1n) is 9.28. The molecular formula is C19H25BrN4O2. The molecule has 1 atom stereocenters. The number of nitrogens with two attached hydrogens (primary N) is 1. The minimum absolute atomic E-state index is 0.109. The van der Waals surface area contributed by atoms with Crippen LogP contribution in [-0.2, 0) is 4.79 Å². The molecule has 0 aliphatic carbocycles. The zero-order valence-corrected chi connectivity index (χ0v) is 16.5. The smallest absolute Gasteiger partial charge is 0.249 e. The molecule has 1 fully saturated rings. The third-order valence-corrected chi connectivity index (χ3v) is 5.28. The number of rotatable bonds is 7. The van der Waals surface area contributed by atoms with Crippen LogP contribution in [-0.4, -0.2) is 34.0 Å². The zero-order chi connectivity index (χ0) is 18.4. The van der Waals surface area contributed by atoms with Gasteiger partial charge in [0.1, 0.15) is 6.04 Å². The number of nitrogens with zero attached hydrogens (tertiary/aromatic N) is 3. The molecule has 0 radical (unpaired) electrons. The average molecular weight is 421 g/mol. The fraction of sp³-hybridized carbons (Fsp3) is 0.526. The summed E-state index contributed by atoms with van der Waals surface area (Å²) in [7, 11) is 0. The fourth-order valence-electron chi connectivity index (χ4n) is 3.31. The summed E-state index contributed by atoms with van der Waals surface area (Å²) in [6.45, 7) is 1.44. The summed E-state index contributed by atoms with van der Waals surface area (Å²) < 4.78 is 6.53. The lowest BCUT2D eigenvalue weighted by atomic mass is 10.0. The van der Waals surface area contributed by atoms with Crippen LogP contribution in [0.15, 0.2) is 33.3 Å². The van der Waals surface area contributed by atoms with Crippen molar-refractivity contribution in [1.29, 1.82) is 0 Å². The number of carbonyl (C=O) groups is 1. The van der Waals surface area contributed by atoms with Crippen molar-refractivity contribution in [1.82, 2.24) is 15.0 Å². The summed E-state index contributed by atoms with van der Waals surface area (Å²) in [5.74, 6) is 1.28. The Balaban J connectivity index is 1.69. The second-order valence-electron chi connectivity index (χ2n) is 6.66. The Labute approximate surface area is 162 Å². The van der Waals surface area contributed by atoms with Crippen molar-refractivity contribution in [2.45, 2.75) is 51.0 Å². The van der Waals surface area contributed by atoms with Crippen LogP contribution in [0, 0.1) is 0 Å². The van der Waals surface area contributed by atoms with E-state index in [-0.39, 0.29) is 11.9 Å². The lowest BCUT2D eigenvalue weighted by Gasteiger charge is -2.33. The maximum Gasteiger partial charge on any atom is 0.249 e. The summed E-state index contributed by atoms with van der Waals surface area (Å²) in [6, 6.07) is 7.68. The van der Waals surface area contributed by atoms with E-state index >= 15 is 0 Å². The van der Waals surface area contributed by atoms with Crippen LogP contribution < -0.4 is 5.73 Å². The van der Waals surface area contributed by atoms with Gasteiger partial charge in [0.05, 0.1) is 0 Å². The maximum atomic E-state index is 12.7. The Morgan fingerprint density at radius 1 is 1.23 bits per heavy atom. The van der Waals surface area contributed by atoms with Crippen LogP contribution in [0.2, 0.25) is 0 Å². The number of hydrogen-bond donors (Lipinski definition) is 1. The van der Waals surface area contributed by atoms with Crippen molar-refractivity contribution in [2.24, 2.45) is 5.73 Å². The normalized spacial score (nSPS) is 17.5. The molecule has 1 aromatic heterocycles. The summed E-state index contributed by atoms with van der Waals surface area (Å²) >= 11 is 3.42. The van der Waals surface area contributed by atoms with Gasteiger partial charge < -0.3 is 15.2 Å². The average Bonchev–Trinajstić information content (AvgIpc) is 3.16. The molecule has 2 N–H and O–H groups in total. The van der Waals surface area contributed by atoms with Gasteiger partial charge in [-0.3, -0.25) is 4.79 Å². The van der Waals surface area contributed by atoms with E-state index < -0.39 is 0 Å². The van der Waals surface area contributed by atoms with E-state index in [1.165, 1.54) is 0 Å². The quantitative estimate of drug-likeness (QED) is 0.682. The molecule has 7 heteroatoms. The first-order valence-corrected chi connectivity index (χ1v) is 10.1. The van der Waals surface area contributed by atoms with Gasteiger partial charge in [0.25, 0.3) is 0 Å². The third-order valence-electron chi connectivity index (χ3n) is 4.75. The molecule has 2 heterocycles. The Bertz CT molecular complexity index is 717. The molecule has 26 heavy (non-hydrogen) atoms. The van der Waals surface area contributed by atoms with E-state index in [1.54, 1.807) is 0 Å². The number of aromatic nitrogens is 2. The van der Waals surface area contributed by atoms with Crippen molar-refractivity contribution in [2.75, 3.05) is 13.1 Å². The highest BCUT2D eigenvalue weighted by Gasteiger charge is 2.31. The van der Waals surface area contributed by atoms with E-state index in [4.69, 9.17) is 10.3 Å². The van der Waals surface area contributed by atoms with Gasteiger partial charge in [-0.1, -0.05) is 27.5 Å². The highest BCUT2D eigenvalue weighted by Crippen LogP contribution is 2.32. The van der Waals surface area contributed by atoms with Crippen LogP contribution in [0.3, 0.4) is 0 Å². The Kier molecular flexibility index (Phi) is 6.80. The monoisotopic (exact) mass is 420 g/mol. The summed E-state index contributed by atoms with van der Waals surface area (Å²) in [6.07, 6.45) is 6.37. The topological polar surface area (TPSA) is 85.3 Å². The largest absolute Gasteiger partial charge is 0.337 e. The van der Waals surface area contributed by atoms with Gasteiger partial charge in [0, 0.05) is 23.0 Å². The number of benzene rings is 1. The lowest BCUT2D eigenvalue weighted by molar-refractivity contribution is -0.135. The molecule has 0 saturated carbocycles. The molecular weight excluding hydrogens is 396 g/mol. The molecule has 1 saturated heterocycles. The van der Waals surface area contributed by atoms with Crippen LogP contribution in [0.1, 0.15) is 56.9 Å².